The Morgan fingerprint density at radius 2 is 1.08 bits per heavy atom. The SMILES string of the molecule is C1CCOCC1.O=C(O)C1CCCC1.O=C([C@@H]1CCCN1)N1CCOCC1.O=C([C@@H]1CCCN1C(=O)OCc1ccccc1)N1CCOCC1.O=S(=O)=O.O=S(=O)=O.O=S(=O)=O. The molecule has 6 aliphatic rings. The fraction of sp³-hybridized carbons (Fsp3) is 0.730. The molecule has 3 amide bonds. The monoisotopic (exact) mass is 942 g/mol. The number of nitrogens with one attached hydrogen (secondary N) is 1. The zero-order valence-electron chi connectivity index (χ0n) is 34.5. The number of benzene rings is 1. The van der Waals surface area contributed by atoms with Gasteiger partial charge in [-0.05, 0) is 69.9 Å². The average Bonchev–Trinajstić information content (AvgIpc) is 4.09. The third-order valence-electron chi connectivity index (χ3n) is 9.76. The number of likely N-dealkylation sites (tertiary alicyclic amines) is 1. The van der Waals surface area contributed by atoms with Crippen molar-refractivity contribution in [1.29, 1.82) is 0 Å². The van der Waals surface area contributed by atoms with Crippen molar-refractivity contribution < 1.29 is 81.1 Å². The van der Waals surface area contributed by atoms with Crippen molar-refractivity contribution in [2.45, 2.75) is 89.3 Å². The molecule has 1 aliphatic carbocycles. The summed E-state index contributed by atoms with van der Waals surface area (Å²) in [6.45, 7) is 9.03. The van der Waals surface area contributed by atoms with Crippen LogP contribution in [0.3, 0.4) is 0 Å². The Morgan fingerprint density at radius 1 is 0.597 bits per heavy atom. The summed E-state index contributed by atoms with van der Waals surface area (Å²) >= 11 is 0. The van der Waals surface area contributed by atoms with E-state index in [1.54, 1.807) is 9.80 Å². The molecule has 352 valence electrons. The summed E-state index contributed by atoms with van der Waals surface area (Å²) in [5, 5.41) is 11.6. The maximum absolute atomic E-state index is 12.6. The van der Waals surface area contributed by atoms with Crippen LogP contribution in [0.4, 0.5) is 4.79 Å². The predicted octanol–water partition coefficient (Wildman–Crippen LogP) is 0.679. The predicted molar refractivity (Wildman–Crippen MR) is 216 cm³/mol. The highest BCUT2D eigenvalue weighted by molar-refractivity contribution is 7.59. The third kappa shape index (κ3) is 26.8. The van der Waals surface area contributed by atoms with Crippen LogP contribution in [0.5, 0.6) is 0 Å². The van der Waals surface area contributed by atoms with Crippen LogP contribution in [0.2, 0.25) is 0 Å². The number of carboxylic acids is 1. The van der Waals surface area contributed by atoms with Crippen molar-refractivity contribution in [1.82, 2.24) is 20.0 Å². The molecule has 2 N–H and O–H groups in total. The van der Waals surface area contributed by atoms with Gasteiger partial charge in [0.15, 0.2) is 0 Å². The van der Waals surface area contributed by atoms with Crippen LogP contribution in [0.25, 0.3) is 0 Å². The minimum atomic E-state index is -3.11. The summed E-state index contributed by atoms with van der Waals surface area (Å²) in [5.74, 6) is -0.347. The minimum absolute atomic E-state index is 0.0162. The zero-order chi connectivity index (χ0) is 46.1. The Balaban J connectivity index is 0.000000415. The molecular weight excluding hydrogens is 885 g/mol. The van der Waals surface area contributed by atoms with Gasteiger partial charge < -0.3 is 39.2 Å². The Morgan fingerprint density at radius 3 is 1.48 bits per heavy atom. The lowest BCUT2D eigenvalue weighted by atomic mass is 10.1. The first-order valence-electron chi connectivity index (χ1n) is 20.2. The molecular formula is C37H58N4O18S3. The van der Waals surface area contributed by atoms with Crippen LogP contribution in [-0.4, -0.2) is 173 Å². The van der Waals surface area contributed by atoms with Gasteiger partial charge in [-0.25, -0.2) is 4.79 Å². The molecule has 0 bridgehead atoms. The van der Waals surface area contributed by atoms with E-state index in [-0.39, 0.29) is 30.4 Å². The number of carbonyl (C=O) groups is 4. The topological polar surface area (TPSA) is 301 Å². The van der Waals surface area contributed by atoms with Crippen LogP contribution in [0, 0.1) is 5.92 Å². The van der Waals surface area contributed by atoms with Crippen molar-refractivity contribution in [2.24, 2.45) is 5.92 Å². The number of hydrogen-bond acceptors (Lipinski definition) is 18. The van der Waals surface area contributed by atoms with Gasteiger partial charge in [-0.2, -0.15) is 0 Å². The summed E-state index contributed by atoms with van der Waals surface area (Å²) in [6, 6.07) is 9.24. The largest absolute Gasteiger partial charge is 0.481 e. The first-order chi connectivity index (χ1) is 29.6. The van der Waals surface area contributed by atoms with Crippen LogP contribution < -0.4 is 5.32 Å². The molecule has 1 aromatic carbocycles. The lowest BCUT2D eigenvalue weighted by molar-refractivity contribution is -0.141. The smallest absolute Gasteiger partial charge is 0.425 e. The summed E-state index contributed by atoms with van der Waals surface area (Å²) in [7, 11) is -9.33. The molecule has 0 radical (unpaired) electrons. The van der Waals surface area contributed by atoms with E-state index in [2.05, 4.69) is 5.32 Å². The molecule has 62 heavy (non-hydrogen) atoms. The molecule has 25 heteroatoms. The van der Waals surface area contributed by atoms with E-state index in [0.717, 1.165) is 83.4 Å². The molecule has 0 unspecified atom stereocenters. The van der Waals surface area contributed by atoms with Crippen LogP contribution >= 0.6 is 0 Å². The molecule has 7 rings (SSSR count). The van der Waals surface area contributed by atoms with Crippen molar-refractivity contribution in [3.8, 4) is 0 Å². The molecule has 5 aliphatic heterocycles. The number of carbonyl (C=O) groups excluding carboxylic acids is 3. The van der Waals surface area contributed by atoms with Gasteiger partial charge in [-0.1, -0.05) is 43.2 Å². The van der Waals surface area contributed by atoms with E-state index in [1.165, 1.54) is 19.3 Å². The number of ether oxygens (including phenoxy) is 4. The second-order valence-corrected chi connectivity index (χ2v) is 15.2. The second kappa shape index (κ2) is 34.1. The molecule has 6 fully saturated rings. The summed E-state index contributed by atoms with van der Waals surface area (Å²) in [6.07, 6.45) is 11.2. The van der Waals surface area contributed by atoms with Crippen LogP contribution in [0.1, 0.15) is 76.2 Å². The van der Waals surface area contributed by atoms with E-state index >= 15 is 0 Å². The van der Waals surface area contributed by atoms with Gasteiger partial charge in [0.25, 0.3) is 0 Å². The standard InChI is InChI=1S/C17H22N2O4.C9H16N2O2.C6H10O2.C5H10O.3O3S/c20-16(18-9-11-22-12-10-18)15-7-4-8-19(15)17(21)23-13-14-5-2-1-3-6-14;12-9(8-2-1-3-10-8)11-4-6-13-7-5-11;7-6(8)5-3-1-2-4-5;1-2-4-6-5-3-1;3*1-4(2)3/h1-3,5-6,15H,4,7-13H2;8,10H,1-7H2;5H,1-4H2,(H,7,8);1-5H2;;;/t15-;8-;;;;;/m00...../s1. The van der Waals surface area contributed by atoms with Crippen molar-refractivity contribution in [3.63, 3.8) is 0 Å². The Kier molecular flexibility index (Phi) is 30.6. The number of morpholine rings is 2. The van der Waals surface area contributed by atoms with Gasteiger partial charge in [0.05, 0.1) is 38.4 Å². The lowest BCUT2D eigenvalue weighted by Gasteiger charge is -2.32. The quantitative estimate of drug-likeness (QED) is 0.410. The summed E-state index contributed by atoms with van der Waals surface area (Å²) in [5.41, 5.74) is 0.941. The Hall–Kier alpha value is -4.40. The number of amides is 3. The average molecular weight is 943 g/mol. The number of carboxylic acid groups (broad SMARTS) is 1. The number of aliphatic carboxylic acids is 1. The fourth-order valence-electron chi connectivity index (χ4n) is 6.80. The number of hydrogen-bond donors (Lipinski definition) is 2. The number of rotatable bonds is 5. The molecule has 5 heterocycles. The second-order valence-electron chi connectivity index (χ2n) is 14.0. The first kappa shape index (κ1) is 55.6. The zero-order valence-corrected chi connectivity index (χ0v) is 37.0. The maximum Gasteiger partial charge on any atom is 0.425 e. The van der Waals surface area contributed by atoms with Gasteiger partial charge in [-0.15, -0.1) is 37.9 Å². The highest BCUT2D eigenvalue weighted by atomic mass is 32.2. The Labute approximate surface area is 365 Å². The number of nitrogens with zero attached hydrogens (tertiary/aromatic N) is 3. The van der Waals surface area contributed by atoms with Gasteiger partial charge in [-0.3, -0.25) is 19.3 Å². The van der Waals surface area contributed by atoms with E-state index in [9.17, 15) is 19.2 Å². The first-order valence-corrected chi connectivity index (χ1v) is 23.2. The minimum Gasteiger partial charge on any atom is -0.481 e. The molecule has 2 atom stereocenters. The molecule has 1 saturated carbocycles. The maximum atomic E-state index is 12.6. The molecule has 22 nitrogen and oxygen atoms in total. The van der Waals surface area contributed by atoms with E-state index in [1.807, 2.05) is 35.2 Å². The summed E-state index contributed by atoms with van der Waals surface area (Å²) in [4.78, 5) is 52.2. The summed E-state index contributed by atoms with van der Waals surface area (Å²) < 4.78 is 96.9. The van der Waals surface area contributed by atoms with Gasteiger partial charge in [0, 0.05) is 45.9 Å². The molecule has 5 saturated heterocycles. The highest BCUT2D eigenvalue weighted by Crippen LogP contribution is 2.24. The molecule has 0 aromatic heterocycles. The molecule has 1 aromatic rings. The third-order valence-corrected chi connectivity index (χ3v) is 9.76. The van der Waals surface area contributed by atoms with Gasteiger partial charge in [0.1, 0.15) is 12.6 Å². The van der Waals surface area contributed by atoms with E-state index < -0.39 is 49.9 Å². The van der Waals surface area contributed by atoms with E-state index in [0.29, 0.717) is 52.5 Å². The normalized spacial score (nSPS) is 20.3. The van der Waals surface area contributed by atoms with Crippen LogP contribution in [0.15, 0.2) is 30.3 Å². The van der Waals surface area contributed by atoms with Crippen LogP contribution in [-0.2, 0) is 71.8 Å². The lowest BCUT2D eigenvalue weighted by Crippen LogP contribution is -2.51. The molecule has 0 spiro atoms. The van der Waals surface area contributed by atoms with Crippen molar-refractivity contribution >= 4 is 55.7 Å². The fourth-order valence-corrected chi connectivity index (χ4v) is 6.80. The van der Waals surface area contributed by atoms with Crippen molar-refractivity contribution in [3.05, 3.63) is 35.9 Å². The Bertz CT molecular complexity index is 1700. The highest BCUT2D eigenvalue weighted by Gasteiger charge is 2.38. The van der Waals surface area contributed by atoms with Gasteiger partial charge in [0.2, 0.25) is 11.8 Å². The van der Waals surface area contributed by atoms with Gasteiger partial charge >= 0.3 is 43.9 Å². The van der Waals surface area contributed by atoms with Crippen molar-refractivity contribution in [2.75, 3.05) is 78.9 Å². The van der Waals surface area contributed by atoms with E-state index in [4.69, 9.17) is 61.9 Å².